The van der Waals surface area contributed by atoms with Gasteiger partial charge in [0.15, 0.2) is 0 Å². The molecule has 0 saturated heterocycles. The lowest BCUT2D eigenvalue weighted by Gasteiger charge is -2.16. The van der Waals surface area contributed by atoms with Gasteiger partial charge in [0.25, 0.3) is 10.0 Å². The van der Waals surface area contributed by atoms with Gasteiger partial charge in [-0.1, -0.05) is 19.8 Å². The first-order valence-corrected chi connectivity index (χ1v) is 8.27. The highest BCUT2D eigenvalue weighted by atomic mass is 32.2. The fraction of sp³-hybridized carbons (Fsp3) is 0.538. The number of anilines is 1. The average Bonchev–Trinajstić information content (AvgIpc) is 2.91. The second kappa shape index (κ2) is 6.21. The van der Waals surface area contributed by atoms with Gasteiger partial charge in [-0.05, 0) is 18.9 Å². The molecular weight excluding hydrogens is 278 g/mol. The Kier molecular flexibility index (Phi) is 4.59. The first-order valence-electron chi connectivity index (χ1n) is 6.79. The third-order valence-corrected chi connectivity index (χ3v) is 4.76. The molecule has 7 heteroatoms. The molecular formula is C13H19N3O3S. The Morgan fingerprint density at radius 1 is 1.40 bits per heavy atom. The van der Waals surface area contributed by atoms with Gasteiger partial charge in [-0.2, -0.15) is 0 Å². The minimum atomic E-state index is -3.87. The Bertz CT molecular complexity index is 580. The number of aromatic nitrogens is 1. The molecule has 1 saturated carbocycles. The summed E-state index contributed by atoms with van der Waals surface area (Å²) in [5.41, 5.74) is 0.503. The van der Waals surface area contributed by atoms with Gasteiger partial charge in [-0.25, -0.2) is 13.1 Å². The molecule has 1 aromatic heterocycles. The van der Waals surface area contributed by atoms with Crippen LogP contribution in [-0.4, -0.2) is 25.4 Å². The zero-order valence-electron chi connectivity index (χ0n) is 11.4. The minimum absolute atomic E-state index is 0.0219. The first kappa shape index (κ1) is 14.8. The van der Waals surface area contributed by atoms with Crippen LogP contribution >= 0.6 is 0 Å². The molecule has 6 nitrogen and oxygen atoms in total. The maximum absolute atomic E-state index is 12.2. The van der Waals surface area contributed by atoms with Crippen LogP contribution in [0.1, 0.15) is 39.0 Å². The van der Waals surface area contributed by atoms with Crippen molar-refractivity contribution in [3.8, 4) is 0 Å². The third-order valence-electron chi connectivity index (χ3n) is 3.36. The van der Waals surface area contributed by atoms with Gasteiger partial charge in [-0.3, -0.25) is 9.78 Å². The molecule has 1 aliphatic carbocycles. The highest BCUT2D eigenvalue weighted by Gasteiger charge is 2.23. The fourth-order valence-electron chi connectivity index (χ4n) is 2.28. The van der Waals surface area contributed by atoms with Crippen molar-refractivity contribution in [1.82, 2.24) is 9.71 Å². The monoisotopic (exact) mass is 297 g/mol. The van der Waals surface area contributed by atoms with Crippen LogP contribution in [0.4, 0.5) is 5.69 Å². The van der Waals surface area contributed by atoms with Crippen molar-refractivity contribution in [3.05, 3.63) is 18.5 Å². The lowest BCUT2D eigenvalue weighted by molar-refractivity contribution is -0.119. The Morgan fingerprint density at radius 2 is 2.10 bits per heavy atom. The molecule has 2 N–H and O–H groups in total. The Balaban J connectivity index is 2.24. The number of amides is 1. The summed E-state index contributed by atoms with van der Waals surface area (Å²) in [6.45, 7) is 1.60. The van der Waals surface area contributed by atoms with Gasteiger partial charge in [0.05, 0.1) is 5.69 Å². The van der Waals surface area contributed by atoms with E-state index >= 15 is 0 Å². The predicted octanol–water partition coefficient (Wildman–Crippen LogP) is 1.65. The standard InChI is InChI=1S/C13H19N3O3S/c1-2-13(17)16-20(18,19)12-9-14-8-7-11(12)15-10-5-3-4-6-10/h7-10H,2-6H2,1H3,(H,14,15)(H,16,17). The average molecular weight is 297 g/mol. The summed E-state index contributed by atoms with van der Waals surface area (Å²) < 4.78 is 26.4. The molecule has 1 amide bonds. The van der Waals surface area contributed by atoms with Crippen LogP contribution in [0.25, 0.3) is 0 Å². The molecule has 0 bridgehead atoms. The van der Waals surface area contributed by atoms with Gasteiger partial charge in [-0.15, -0.1) is 0 Å². The summed E-state index contributed by atoms with van der Waals surface area (Å²) in [5, 5.41) is 3.24. The Labute approximate surface area is 119 Å². The van der Waals surface area contributed by atoms with Crippen LogP contribution in [-0.2, 0) is 14.8 Å². The van der Waals surface area contributed by atoms with E-state index in [4.69, 9.17) is 0 Å². The van der Waals surface area contributed by atoms with Crippen LogP contribution in [0.2, 0.25) is 0 Å². The molecule has 0 radical (unpaired) electrons. The number of hydrogen-bond acceptors (Lipinski definition) is 5. The predicted molar refractivity (Wildman–Crippen MR) is 75.7 cm³/mol. The number of carbonyl (C=O) groups excluding carboxylic acids is 1. The molecule has 110 valence electrons. The molecule has 1 aromatic rings. The molecule has 1 fully saturated rings. The smallest absolute Gasteiger partial charge is 0.267 e. The molecule has 0 atom stereocenters. The lowest BCUT2D eigenvalue weighted by Crippen LogP contribution is -2.31. The summed E-state index contributed by atoms with van der Waals surface area (Å²) in [5.74, 6) is -0.527. The first-order chi connectivity index (χ1) is 9.53. The molecule has 0 aromatic carbocycles. The number of nitrogens with one attached hydrogen (secondary N) is 2. The zero-order chi connectivity index (χ0) is 14.6. The van der Waals surface area contributed by atoms with E-state index in [1.54, 1.807) is 13.0 Å². The van der Waals surface area contributed by atoms with E-state index in [-0.39, 0.29) is 17.4 Å². The van der Waals surface area contributed by atoms with Gasteiger partial charge < -0.3 is 5.32 Å². The van der Waals surface area contributed by atoms with E-state index in [1.165, 1.54) is 12.4 Å². The molecule has 0 unspecified atom stereocenters. The maximum atomic E-state index is 12.2. The molecule has 20 heavy (non-hydrogen) atoms. The summed E-state index contributed by atoms with van der Waals surface area (Å²) in [4.78, 5) is 15.2. The summed E-state index contributed by atoms with van der Waals surface area (Å²) >= 11 is 0. The third kappa shape index (κ3) is 3.47. The van der Waals surface area contributed by atoms with E-state index in [1.807, 2.05) is 4.72 Å². The molecule has 1 heterocycles. The van der Waals surface area contributed by atoms with Crippen molar-refractivity contribution in [2.75, 3.05) is 5.32 Å². The normalized spacial score (nSPS) is 16.1. The van der Waals surface area contributed by atoms with Crippen LogP contribution in [0, 0.1) is 0 Å². The Hall–Kier alpha value is -1.63. The quantitative estimate of drug-likeness (QED) is 0.862. The van der Waals surface area contributed by atoms with Crippen molar-refractivity contribution in [1.29, 1.82) is 0 Å². The van der Waals surface area contributed by atoms with Crippen molar-refractivity contribution in [2.24, 2.45) is 0 Å². The van der Waals surface area contributed by atoms with E-state index in [2.05, 4.69) is 10.3 Å². The van der Waals surface area contributed by atoms with Crippen molar-refractivity contribution in [3.63, 3.8) is 0 Å². The van der Waals surface area contributed by atoms with Crippen molar-refractivity contribution >= 4 is 21.6 Å². The molecule has 0 aliphatic heterocycles. The van der Waals surface area contributed by atoms with E-state index < -0.39 is 15.9 Å². The van der Waals surface area contributed by atoms with E-state index in [0.717, 1.165) is 25.7 Å². The minimum Gasteiger partial charge on any atom is -0.381 e. The second-order valence-electron chi connectivity index (χ2n) is 4.88. The highest BCUT2D eigenvalue weighted by Crippen LogP contribution is 2.26. The van der Waals surface area contributed by atoms with E-state index in [0.29, 0.717) is 5.69 Å². The highest BCUT2D eigenvalue weighted by molar-refractivity contribution is 7.90. The zero-order valence-corrected chi connectivity index (χ0v) is 12.2. The molecule has 0 spiro atoms. The summed E-state index contributed by atoms with van der Waals surface area (Å²) in [7, 11) is -3.87. The topological polar surface area (TPSA) is 88.2 Å². The van der Waals surface area contributed by atoms with Crippen LogP contribution in [0.3, 0.4) is 0 Å². The number of nitrogens with zero attached hydrogens (tertiary/aromatic N) is 1. The van der Waals surface area contributed by atoms with Crippen LogP contribution in [0.15, 0.2) is 23.4 Å². The Morgan fingerprint density at radius 3 is 2.75 bits per heavy atom. The molecule has 2 rings (SSSR count). The maximum Gasteiger partial charge on any atom is 0.267 e. The number of hydrogen-bond donors (Lipinski definition) is 2. The second-order valence-corrected chi connectivity index (χ2v) is 6.53. The summed E-state index contributed by atoms with van der Waals surface area (Å²) in [6, 6.07) is 1.91. The van der Waals surface area contributed by atoms with Crippen LogP contribution in [0.5, 0.6) is 0 Å². The van der Waals surface area contributed by atoms with Crippen molar-refractivity contribution < 1.29 is 13.2 Å². The fourth-order valence-corrected chi connectivity index (χ4v) is 3.45. The SMILES string of the molecule is CCC(=O)NS(=O)(=O)c1cnccc1NC1CCCC1. The van der Waals surface area contributed by atoms with Gasteiger partial charge in [0.2, 0.25) is 5.91 Å². The van der Waals surface area contributed by atoms with Crippen LogP contribution < -0.4 is 10.0 Å². The lowest BCUT2D eigenvalue weighted by atomic mass is 10.2. The largest absolute Gasteiger partial charge is 0.381 e. The van der Waals surface area contributed by atoms with Crippen molar-refractivity contribution in [2.45, 2.75) is 50.0 Å². The van der Waals surface area contributed by atoms with E-state index in [9.17, 15) is 13.2 Å². The number of pyridine rings is 1. The summed E-state index contributed by atoms with van der Waals surface area (Å²) in [6.07, 6.45) is 7.28. The number of rotatable bonds is 5. The van der Waals surface area contributed by atoms with Gasteiger partial charge in [0, 0.05) is 24.9 Å². The number of sulfonamides is 1. The van der Waals surface area contributed by atoms with Gasteiger partial charge in [0.1, 0.15) is 4.90 Å². The van der Waals surface area contributed by atoms with Gasteiger partial charge >= 0.3 is 0 Å². The number of carbonyl (C=O) groups is 1. The molecule has 1 aliphatic rings.